The van der Waals surface area contributed by atoms with Crippen molar-refractivity contribution in [3.8, 4) is 11.8 Å². The minimum Gasteiger partial charge on any atom is -0.426 e. The Labute approximate surface area is 157 Å². The molecule has 0 spiro atoms. The molecule has 26 heavy (non-hydrogen) atoms. The lowest BCUT2D eigenvalue weighted by atomic mass is 10.2. The van der Waals surface area contributed by atoms with Crippen LogP contribution in [0.15, 0.2) is 52.2 Å². The number of nitrogens with one attached hydrogen (secondary N) is 1. The van der Waals surface area contributed by atoms with Gasteiger partial charge in [0.2, 0.25) is 10.0 Å². The summed E-state index contributed by atoms with van der Waals surface area (Å²) in [7, 11) is -3.57. The Morgan fingerprint density at radius 2 is 2.00 bits per heavy atom. The van der Waals surface area contributed by atoms with Crippen molar-refractivity contribution in [1.29, 1.82) is 0 Å². The lowest BCUT2D eigenvalue weighted by Crippen LogP contribution is -2.28. The van der Waals surface area contributed by atoms with Crippen LogP contribution in [0.1, 0.15) is 31.1 Å². The first kappa shape index (κ1) is 18.6. The van der Waals surface area contributed by atoms with Gasteiger partial charge in [0, 0.05) is 11.9 Å². The zero-order valence-corrected chi connectivity index (χ0v) is 16.5. The van der Waals surface area contributed by atoms with Crippen molar-refractivity contribution in [3.05, 3.63) is 58.5 Å². The molecule has 3 aromatic rings. The van der Waals surface area contributed by atoms with Crippen LogP contribution in [0.3, 0.4) is 0 Å². The lowest BCUT2D eigenvalue weighted by molar-refractivity contribution is 0.408. The Bertz CT molecular complexity index is 962. The van der Waals surface area contributed by atoms with Crippen LogP contribution in [-0.4, -0.2) is 18.0 Å². The van der Waals surface area contributed by atoms with Crippen LogP contribution in [0, 0.1) is 6.92 Å². The molecule has 1 aromatic carbocycles. The highest BCUT2D eigenvalue weighted by molar-refractivity contribution is 7.89. The van der Waals surface area contributed by atoms with E-state index < -0.39 is 16.1 Å². The van der Waals surface area contributed by atoms with Crippen molar-refractivity contribution in [2.75, 3.05) is 0 Å². The largest absolute Gasteiger partial charge is 0.426 e. The first-order valence-corrected chi connectivity index (χ1v) is 10.7. The van der Waals surface area contributed by atoms with Crippen LogP contribution >= 0.6 is 11.3 Å². The first-order chi connectivity index (χ1) is 12.4. The zero-order chi connectivity index (χ0) is 18.7. The molecule has 3 rings (SSSR count). The van der Waals surface area contributed by atoms with Crippen molar-refractivity contribution >= 4 is 21.4 Å². The Morgan fingerprint density at radius 3 is 2.62 bits per heavy atom. The summed E-state index contributed by atoms with van der Waals surface area (Å²) < 4.78 is 35.3. The number of nitrogens with zero attached hydrogens (tertiary/aromatic N) is 2. The van der Waals surface area contributed by atoms with Gasteiger partial charge in [0.25, 0.3) is 0 Å². The predicted octanol–water partition coefficient (Wildman–Crippen LogP) is 4.10. The number of rotatable bonds is 7. The summed E-state index contributed by atoms with van der Waals surface area (Å²) in [4.78, 5) is 4.60. The average molecular weight is 392 g/mol. The molecule has 0 saturated heterocycles. The molecule has 0 saturated carbocycles. The number of ether oxygens (including phenoxy) is 1. The fourth-order valence-corrected chi connectivity index (χ4v) is 4.84. The normalized spacial score (nSPS) is 12.9. The summed E-state index contributed by atoms with van der Waals surface area (Å²) >= 11 is 1.35. The Hall–Kier alpha value is -2.16. The molecule has 0 bridgehead atoms. The highest BCUT2D eigenvalue weighted by Crippen LogP contribution is 2.26. The molecule has 2 aromatic heterocycles. The average Bonchev–Trinajstić information content (AvgIpc) is 3.26. The standard InChI is InChI=1S/C18H21N3O3S2/c1-4-21-17(14(3)20-26(22,23)16-9-10-25-12-16)11-19-18(21)24-15-7-5-13(2)6-8-15/h5-12,14,20H,4H2,1-3H3. The Morgan fingerprint density at radius 1 is 1.27 bits per heavy atom. The summed E-state index contributed by atoms with van der Waals surface area (Å²) in [5.41, 5.74) is 1.89. The molecular formula is C18H21N3O3S2. The van der Waals surface area contributed by atoms with E-state index >= 15 is 0 Å². The van der Waals surface area contributed by atoms with E-state index in [1.54, 1.807) is 29.9 Å². The van der Waals surface area contributed by atoms with E-state index in [9.17, 15) is 8.42 Å². The van der Waals surface area contributed by atoms with Crippen LogP contribution in [0.2, 0.25) is 0 Å². The minimum absolute atomic E-state index is 0.271. The molecule has 0 aliphatic rings. The van der Waals surface area contributed by atoms with Crippen molar-refractivity contribution < 1.29 is 13.2 Å². The highest BCUT2D eigenvalue weighted by Gasteiger charge is 2.22. The van der Waals surface area contributed by atoms with Crippen LogP contribution in [0.5, 0.6) is 11.8 Å². The van der Waals surface area contributed by atoms with Gasteiger partial charge in [-0.15, -0.1) is 0 Å². The quantitative estimate of drug-likeness (QED) is 0.658. The molecule has 0 fully saturated rings. The topological polar surface area (TPSA) is 73.2 Å². The van der Waals surface area contributed by atoms with Gasteiger partial charge in [0.1, 0.15) is 5.75 Å². The molecule has 6 nitrogen and oxygen atoms in total. The van der Waals surface area contributed by atoms with Gasteiger partial charge < -0.3 is 4.74 Å². The van der Waals surface area contributed by atoms with Crippen molar-refractivity contribution in [1.82, 2.24) is 14.3 Å². The van der Waals surface area contributed by atoms with Crippen LogP contribution < -0.4 is 9.46 Å². The molecule has 1 atom stereocenters. The van der Waals surface area contributed by atoms with E-state index in [1.165, 1.54) is 11.3 Å². The monoisotopic (exact) mass is 391 g/mol. The van der Waals surface area contributed by atoms with E-state index in [-0.39, 0.29) is 4.90 Å². The Kier molecular flexibility index (Phi) is 5.45. The number of aryl methyl sites for hydroxylation is 1. The van der Waals surface area contributed by atoms with Crippen LogP contribution in [0.4, 0.5) is 0 Å². The van der Waals surface area contributed by atoms with E-state index in [2.05, 4.69) is 9.71 Å². The second kappa shape index (κ2) is 7.61. The Balaban J connectivity index is 1.82. The lowest BCUT2D eigenvalue weighted by Gasteiger charge is -2.16. The van der Waals surface area contributed by atoms with E-state index in [0.29, 0.717) is 18.3 Å². The van der Waals surface area contributed by atoms with Gasteiger partial charge in [-0.1, -0.05) is 17.7 Å². The third kappa shape index (κ3) is 3.98. The fourth-order valence-electron chi connectivity index (χ4n) is 2.59. The van der Waals surface area contributed by atoms with Gasteiger partial charge in [-0.3, -0.25) is 4.57 Å². The zero-order valence-electron chi connectivity index (χ0n) is 14.8. The number of sulfonamides is 1. The maximum Gasteiger partial charge on any atom is 0.302 e. The molecule has 1 unspecified atom stereocenters. The van der Waals surface area contributed by atoms with E-state index in [4.69, 9.17) is 4.74 Å². The van der Waals surface area contributed by atoms with Gasteiger partial charge >= 0.3 is 6.01 Å². The number of hydrogen-bond acceptors (Lipinski definition) is 5. The molecule has 8 heteroatoms. The first-order valence-electron chi connectivity index (χ1n) is 8.25. The number of hydrogen-bond donors (Lipinski definition) is 1. The summed E-state index contributed by atoms with van der Waals surface area (Å²) in [6, 6.07) is 9.28. The smallest absolute Gasteiger partial charge is 0.302 e. The maximum atomic E-state index is 12.4. The van der Waals surface area contributed by atoms with Gasteiger partial charge in [-0.25, -0.2) is 18.1 Å². The number of thiophene rings is 1. The second-order valence-electron chi connectivity index (χ2n) is 5.93. The number of aromatic nitrogens is 2. The van der Waals surface area contributed by atoms with Crippen LogP contribution in [-0.2, 0) is 16.6 Å². The molecule has 0 aliphatic carbocycles. The van der Waals surface area contributed by atoms with Gasteiger partial charge in [0.05, 0.1) is 22.8 Å². The molecule has 1 N–H and O–H groups in total. The third-order valence-electron chi connectivity index (χ3n) is 3.98. The molecule has 0 radical (unpaired) electrons. The maximum absolute atomic E-state index is 12.4. The number of benzene rings is 1. The molecular weight excluding hydrogens is 370 g/mol. The predicted molar refractivity (Wildman–Crippen MR) is 102 cm³/mol. The van der Waals surface area contributed by atoms with E-state index in [1.807, 2.05) is 42.7 Å². The molecule has 0 amide bonds. The van der Waals surface area contributed by atoms with Crippen molar-refractivity contribution in [3.63, 3.8) is 0 Å². The fraction of sp³-hybridized carbons (Fsp3) is 0.278. The summed E-state index contributed by atoms with van der Waals surface area (Å²) in [5, 5.41) is 3.35. The van der Waals surface area contributed by atoms with Crippen molar-refractivity contribution in [2.24, 2.45) is 0 Å². The number of imidazole rings is 1. The van der Waals surface area contributed by atoms with E-state index in [0.717, 1.165) is 11.3 Å². The molecule has 138 valence electrons. The van der Waals surface area contributed by atoms with Crippen molar-refractivity contribution in [2.45, 2.75) is 38.3 Å². The van der Waals surface area contributed by atoms with Gasteiger partial charge in [-0.2, -0.15) is 11.3 Å². The molecule has 2 heterocycles. The minimum atomic E-state index is -3.57. The summed E-state index contributed by atoms with van der Waals surface area (Å²) in [6.07, 6.45) is 1.65. The third-order valence-corrected chi connectivity index (χ3v) is 6.35. The van der Waals surface area contributed by atoms with Gasteiger partial charge in [0.15, 0.2) is 0 Å². The highest BCUT2D eigenvalue weighted by atomic mass is 32.2. The van der Waals surface area contributed by atoms with Crippen LogP contribution in [0.25, 0.3) is 0 Å². The molecule has 0 aliphatic heterocycles. The summed E-state index contributed by atoms with van der Waals surface area (Å²) in [5.74, 6) is 0.689. The summed E-state index contributed by atoms with van der Waals surface area (Å²) in [6.45, 7) is 6.38. The SMILES string of the molecule is CCn1c(C(C)NS(=O)(=O)c2ccsc2)cnc1Oc1ccc(C)cc1. The van der Waals surface area contributed by atoms with Gasteiger partial charge in [-0.05, 0) is 44.4 Å². The second-order valence-corrected chi connectivity index (χ2v) is 8.42.